The third-order valence-corrected chi connectivity index (χ3v) is 5.27. The van der Waals surface area contributed by atoms with Crippen molar-refractivity contribution in [2.24, 2.45) is 0 Å². The molecule has 2 aliphatic rings. The average molecular weight is 330 g/mol. The van der Waals surface area contributed by atoms with Crippen molar-refractivity contribution in [1.29, 1.82) is 0 Å². The Morgan fingerprint density at radius 3 is 2.65 bits per heavy atom. The van der Waals surface area contributed by atoms with E-state index in [4.69, 9.17) is 4.74 Å². The van der Waals surface area contributed by atoms with Crippen LogP contribution in [-0.4, -0.2) is 42.3 Å². The molecule has 0 saturated carbocycles. The maximum atomic E-state index is 6.12. The highest BCUT2D eigenvalue weighted by atomic mass is 32.1. The smallest absolute Gasteiger partial charge is 0.134 e. The minimum absolute atomic E-state index is 0.121. The van der Waals surface area contributed by atoms with Crippen molar-refractivity contribution in [3.05, 3.63) is 34.8 Å². The van der Waals surface area contributed by atoms with Crippen LogP contribution in [0.1, 0.15) is 31.4 Å². The van der Waals surface area contributed by atoms with Crippen LogP contribution in [0, 0.1) is 0 Å². The zero-order chi connectivity index (χ0) is 15.6. The van der Waals surface area contributed by atoms with Crippen molar-refractivity contribution in [3.63, 3.8) is 0 Å². The fraction of sp³-hybridized carbons (Fsp3) is 0.529. The maximum absolute atomic E-state index is 6.12. The lowest BCUT2D eigenvalue weighted by Gasteiger charge is -2.37. The molecular formula is C17H22N4OS. The van der Waals surface area contributed by atoms with Crippen molar-refractivity contribution in [1.82, 2.24) is 9.97 Å². The predicted octanol–water partition coefficient (Wildman–Crippen LogP) is 3.10. The van der Waals surface area contributed by atoms with Gasteiger partial charge in [0.1, 0.15) is 24.1 Å². The number of hydrogen-bond donors (Lipinski definition) is 0. The molecule has 0 aromatic carbocycles. The monoisotopic (exact) mass is 330 g/mol. The molecule has 2 aromatic heterocycles. The first-order valence-electron chi connectivity index (χ1n) is 8.29. The summed E-state index contributed by atoms with van der Waals surface area (Å²) in [4.78, 5) is 13.7. The lowest BCUT2D eigenvalue weighted by atomic mass is 10.1. The van der Waals surface area contributed by atoms with Crippen LogP contribution in [0.3, 0.4) is 0 Å². The third kappa shape index (κ3) is 3.19. The van der Waals surface area contributed by atoms with Gasteiger partial charge in [0.05, 0.1) is 6.10 Å². The number of morpholine rings is 1. The molecule has 2 aromatic rings. The highest BCUT2D eigenvalue weighted by Gasteiger charge is 2.28. The fourth-order valence-corrected chi connectivity index (χ4v) is 4.11. The van der Waals surface area contributed by atoms with Crippen LogP contribution in [0.2, 0.25) is 0 Å². The zero-order valence-corrected chi connectivity index (χ0v) is 14.2. The van der Waals surface area contributed by atoms with E-state index in [2.05, 4.69) is 49.6 Å². The summed E-state index contributed by atoms with van der Waals surface area (Å²) in [6.07, 6.45) is 4.53. The maximum Gasteiger partial charge on any atom is 0.134 e. The van der Waals surface area contributed by atoms with Gasteiger partial charge in [-0.25, -0.2) is 9.97 Å². The molecule has 4 heterocycles. The first kappa shape index (κ1) is 14.9. The first-order chi connectivity index (χ1) is 11.3. The summed E-state index contributed by atoms with van der Waals surface area (Å²) in [5, 5.41) is 4.29. The van der Waals surface area contributed by atoms with E-state index in [9.17, 15) is 0 Å². The second-order valence-corrected chi connectivity index (χ2v) is 7.11. The first-order valence-corrected chi connectivity index (χ1v) is 9.23. The van der Waals surface area contributed by atoms with E-state index in [1.54, 1.807) is 17.7 Å². The van der Waals surface area contributed by atoms with E-state index in [1.807, 2.05) is 0 Å². The molecule has 2 fully saturated rings. The van der Waals surface area contributed by atoms with Gasteiger partial charge in [-0.3, -0.25) is 0 Å². The van der Waals surface area contributed by atoms with Gasteiger partial charge in [-0.15, -0.1) is 0 Å². The van der Waals surface area contributed by atoms with Crippen LogP contribution in [0.4, 0.5) is 11.6 Å². The minimum atomic E-state index is 0.121. The lowest BCUT2D eigenvalue weighted by Crippen LogP contribution is -2.43. The van der Waals surface area contributed by atoms with E-state index >= 15 is 0 Å². The number of hydrogen-bond acceptors (Lipinski definition) is 6. The molecule has 4 rings (SSSR count). The summed E-state index contributed by atoms with van der Waals surface area (Å²) in [5.74, 6) is 2.07. The molecule has 0 bridgehead atoms. The van der Waals surface area contributed by atoms with E-state index in [0.717, 1.165) is 37.8 Å². The van der Waals surface area contributed by atoms with Crippen LogP contribution >= 0.6 is 11.3 Å². The molecular weight excluding hydrogens is 308 g/mol. The summed E-state index contributed by atoms with van der Waals surface area (Å²) in [7, 11) is 0. The second kappa shape index (κ2) is 6.45. The Balaban J connectivity index is 1.55. The molecule has 23 heavy (non-hydrogen) atoms. The Kier molecular flexibility index (Phi) is 4.18. The molecule has 0 spiro atoms. The van der Waals surface area contributed by atoms with Crippen LogP contribution in [-0.2, 0) is 4.74 Å². The lowest BCUT2D eigenvalue weighted by molar-refractivity contribution is -0.0174. The van der Waals surface area contributed by atoms with Gasteiger partial charge >= 0.3 is 0 Å². The van der Waals surface area contributed by atoms with Gasteiger partial charge in [-0.1, -0.05) is 0 Å². The van der Waals surface area contributed by atoms with Gasteiger partial charge in [0, 0.05) is 32.2 Å². The molecule has 0 unspecified atom stereocenters. The quantitative estimate of drug-likeness (QED) is 0.865. The molecule has 5 nitrogen and oxygen atoms in total. The highest BCUT2D eigenvalue weighted by Crippen LogP contribution is 2.30. The third-order valence-electron chi connectivity index (χ3n) is 4.57. The molecule has 6 heteroatoms. The number of thiophene rings is 1. The van der Waals surface area contributed by atoms with Gasteiger partial charge in [0.25, 0.3) is 0 Å². The van der Waals surface area contributed by atoms with E-state index in [-0.39, 0.29) is 12.2 Å². The summed E-state index contributed by atoms with van der Waals surface area (Å²) >= 11 is 1.72. The SMILES string of the molecule is C[C@@H]1CN(c2cc(N3CCCC3)ncn2)C[C@@H](c2ccsc2)O1. The number of anilines is 2. The Morgan fingerprint density at radius 2 is 1.91 bits per heavy atom. The Bertz CT molecular complexity index is 642. The largest absolute Gasteiger partial charge is 0.367 e. The predicted molar refractivity (Wildman–Crippen MR) is 93.3 cm³/mol. The zero-order valence-electron chi connectivity index (χ0n) is 13.4. The Hall–Kier alpha value is -1.66. The highest BCUT2D eigenvalue weighted by molar-refractivity contribution is 7.07. The topological polar surface area (TPSA) is 41.5 Å². The van der Waals surface area contributed by atoms with Crippen LogP contribution < -0.4 is 9.80 Å². The molecule has 122 valence electrons. The fourth-order valence-electron chi connectivity index (χ4n) is 3.41. The summed E-state index contributed by atoms with van der Waals surface area (Å²) < 4.78 is 6.12. The second-order valence-electron chi connectivity index (χ2n) is 6.33. The van der Waals surface area contributed by atoms with E-state index in [0.29, 0.717) is 0 Å². The van der Waals surface area contributed by atoms with Crippen molar-refractivity contribution in [2.45, 2.75) is 32.0 Å². The molecule has 0 amide bonds. The van der Waals surface area contributed by atoms with Gasteiger partial charge in [-0.05, 0) is 42.2 Å². The average Bonchev–Trinajstić information content (AvgIpc) is 3.28. The number of aromatic nitrogens is 2. The van der Waals surface area contributed by atoms with Gasteiger partial charge in [0.15, 0.2) is 0 Å². The normalized spacial score (nSPS) is 25.1. The van der Waals surface area contributed by atoms with Crippen LogP contribution in [0.25, 0.3) is 0 Å². The number of nitrogens with zero attached hydrogens (tertiary/aromatic N) is 4. The summed E-state index contributed by atoms with van der Waals surface area (Å²) in [5.41, 5.74) is 1.26. The molecule has 2 saturated heterocycles. The van der Waals surface area contributed by atoms with Gasteiger partial charge in [-0.2, -0.15) is 11.3 Å². The molecule has 0 aliphatic carbocycles. The van der Waals surface area contributed by atoms with Crippen LogP contribution in [0.15, 0.2) is 29.2 Å². The van der Waals surface area contributed by atoms with Crippen molar-refractivity contribution in [3.8, 4) is 0 Å². The van der Waals surface area contributed by atoms with E-state index < -0.39 is 0 Å². The standard InChI is InChI=1S/C17H22N4OS/c1-13-9-21(10-15(22-13)14-4-7-23-11-14)17-8-16(18-12-19-17)20-5-2-3-6-20/h4,7-8,11-13,15H,2-3,5-6,9-10H2,1H3/t13-,15+/m1/s1. The van der Waals surface area contributed by atoms with Crippen molar-refractivity contribution >= 4 is 23.0 Å². The number of rotatable bonds is 3. The van der Waals surface area contributed by atoms with Gasteiger partial charge in [0.2, 0.25) is 0 Å². The summed E-state index contributed by atoms with van der Waals surface area (Å²) in [6.45, 7) is 6.06. The molecule has 0 radical (unpaired) electrons. The van der Waals surface area contributed by atoms with Gasteiger partial charge < -0.3 is 14.5 Å². The van der Waals surface area contributed by atoms with E-state index in [1.165, 1.54) is 18.4 Å². The Labute approximate surface area is 140 Å². The van der Waals surface area contributed by atoms with Crippen molar-refractivity contribution in [2.75, 3.05) is 36.0 Å². The molecule has 2 atom stereocenters. The Morgan fingerprint density at radius 1 is 1.13 bits per heavy atom. The minimum Gasteiger partial charge on any atom is -0.367 e. The summed E-state index contributed by atoms with van der Waals surface area (Å²) in [6, 6.07) is 4.29. The van der Waals surface area contributed by atoms with Crippen molar-refractivity contribution < 1.29 is 4.74 Å². The molecule has 2 aliphatic heterocycles. The van der Waals surface area contributed by atoms with Crippen LogP contribution in [0.5, 0.6) is 0 Å². The number of ether oxygens (including phenoxy) is 1. The molecule has 0 N–H and O–H groups in total.